The average Bonchev–Trinajstić information content (AvgIpc) is 3.39. The molecule has 0 heterocycles. The number of carbonyl (C=O) groups is 1. The van der Waals surface area contributed by atoms with E-state index in [-0.39, 0.29) is 12.5 Å². The fourth-order valence-electron chi connectivity index (χ4n) is 10.0. The monoisotopic (exact) mass is 1100 g/mol. The third-order valence-electron chi connectivity index (χ3n) is 15.2. The molecule has 0 aromatic heterocycles. The molecule has 0 aromatic rings. The summed E-state index contributed by atoms with van der Waals surface area (Å²) < 4.78 is 23.4. The minimum Gasteiger partial charge on any atom is -0.756 e. The van der Waals surface area contributed by atoms with Crippen LogP contribution in [0.4, 0.5) is 0 Å². The normalized spacial score (nSPS) is 14.0. The summed E-state index contributed by atoms with van der Waals surface area (Å²) >= 11 is 0. The number of rotatable bonds is 62. The number of phosphoric acid groups is 1. The van der Waals surface area contributed by atoms with E-state index in [1.54, 1.807) is 6.08 Å². The Morgan fingerprint density at radius 3 is 1.05 bits per heavy atom. The molecule has 0 bridgehead atoms. The zero-order valence-corrected chi connectivity index (χ0v) is 52.8. The molecule has 8 nitrogen and oxygen atoms in total. The molecule has 0 spiro atoms. The van der Waals surface area contributed by atoms with Gasteiger partial charge in [-0.25, -0.2) is 0 Å². The van der Waals surface area contributed by atoms with Crippen LogP contribution >= 0.6 is 7.82 Å². The predicted molar refractivity (Wildman–Crippen MR) is 334 cm³/mol. The fraction of sp³-hybridized carbons (Fsp3) is 0.868. The van der Waals surface area contributed by atoms with Gasteiger partial charge in [0.15, 0.2) is 0 Å². The van der Waals surface area contributed by atoms with Gasteiger partial charge in [-0.3, -0.25) is 9.36 Å². The van der Waals surface area contributed by atoms with Crippen LogP contribution in [0.2, 0.25) is 0 Å². The summed E-state index contributed by atoms with van der Waals surface area (Å²) in [7, 11) is 1.24. The quantitative estimate of drug-likeness (QED) is 0.0272. The van der Waals surface area contributed by atoms with Crippen LogP contribution in [0.3, 0.4) is 0 Å². The average molecular weight is 1100 g/mol. The van der Waals surface area contributed by atoms with Crippen molar-refractivity contribution in [1.82, 2.24) is 5.32 Å². The number of aliphatic hydroxyl groups excluding tert-OH is 1. The fourth-order valence-corrected chi connectivity index (χ4v) is 10.7. The molecule has 454 valence electrons. The van der Waals surface area contributed by atoms with Crippen molar-refractivity contribution in [3.63, 3.8) is 0 Å². The third kappa shape index (κ3) is 61.9. The van der Waals surface area contributed by atoms with Gasteiger partial charge >= 0.3 is 0 Å². The lowest BCUT2D eigenvalue weighted by molar-refractivity contribution is -0.870. The molecular weight excluding hydrogens is 972 g/mol. The van der Waals surface area contributed by atoms with Gasteiger partial charge in [0.25, 0.3) is 7.82 Å². The molecule has 0 rings (SSSR count). The van der Waals surface area contributed by atoms with Crippen molar-refractivity contribution < 1.29 is 32.9 Å². The number of allylic oxidation sites excluding steroid dienone is 7. The number of hydrogen-bond donors (Lipinski definition) is 2. The number of nitrogens with one attached hydrogen (secondary N) is 1. The molecule has 2 N–H and O–H groups in total. The van der Waals surface area contributed by atoms with Crippen molar-refractivity contribution in [3.8, 4) is 0 Å². The van der Waals surface area contributed by atoms with E-state index in [1.807, 2.05) is 27.2 Å². The first-order valence-electron chi connectivity index (χ1n) is 33.5. The smallest absolute Gasteiger partial charge is 0.268 e. The topological polar surface area (TPSA) is 108 Å². The molecule has 0 aliphatic rings. The summed E-state index contributed by atoms with van der Waals surface area (Å²) in [6, 6.07) is -0.911. The first-order chi connectivity index (χ1) is 37.5. The molecule has 1 amide bonds. The van der Waals surface area contributed by atoms with Gasteiger partial charge < -0.3 is 28.8 Å². The number of likely N-dealkylation sites (N-methyl/N-ethyl adjacent to an activating group) is 1. The summed E-state index contributed by atoms with van der Waals surface area (Å²) in [6.45, 7) is 4.67. The first kappa shape index (κ1) is 75.5. The molecule has 0 saturated carbocycles. The van der Waals surface area contributed by atoms with Crippen molar-refractivity contribution in [2.75, 3.05) is 40.9 Å². The number of amides is 1. The van der Waals surface area contributed by atoms with Crippen LogP contribution in [0.15, 0.2) is 48.6 Å². The minimum absolute atomic E-state index is 0.00867. The lowest BCUT2D eigenvalue weighted by Gasteiger charge is -2.29. The Hall–Kier alpha value is -1.54. The Labute approximate surface area is 479 Å². The molecule has 9 heteroatoms. The molecule has 0 saturated heterocycles. The van der Waals surface area contributed by atoms with Crippen LogP contribution in [0.5, 0.6) is 0 Å². The molecule has 77 heavy (non-hydrogen) atoms. The number of aliphatic hydroxyl groups is 1. The number of unbranched alkanes of at least 4 members (excludes halogenated alkanes) is 43. The second-order valence-electron chi connectivity index (χ2n) is 24.2. The van der Waals surface area contributed by atoms with Gasteiger partial charge in [-0.2, -0.15) is 0 Å². The Kier molecular flexibility index (Phi) is 57.9. The largest absolute Gasteiger partial charge is 0.756 e. The molecule has 3 atom stereocenters. The predicted octanol–water partition coefficient (Wildman–Crippen LogP) is 20.4. The van der Waals surface area contributed by atoms with E-state index >= 15 is 0 Å². The molecule has 3 unspecified atom stereocenters. The second-order valence-corrected chi connectivity index (χ2v) is 25.6. The Morgan fingerprint density at radius 2 is 0.727 bits per heavy atom. The number of quaternary nitrogens is 1. The molecule has 0 aliphatic carbocycles. The van der Waals surface area contributed by atoms with E-state index in [0.29, 0.717) is 17.4 Å². The van der Waals surface area contributed by atoms with Crippen LogP contribution in [-0.2, 0) is 18.4 Å². The lowest BCUT2D eigenvalue weighted by Crippen LogP contribution is -2.45. The summed E-state index contributed by atoms with van der Waals surface area (Å²) in [4.78, 5) is 25.6. The van der Waals surface area contributed by atoms with E-state index < -0.39 is 26.6 Å². The third-order valence-corrected chi connectivity index (χ3v) is 16.2. The van der Waals surface area contributed by atoms with Crippen LogP contribution < -0.4 is 10.2 Å². The summed E-state index contributed by atoms with van der Waals surface area (Å²) in [6.07, 6.45) is 79.4. The van der Waals surface area contributed by atoms with Crippen LogP contribution in [-0.4, -0.2) is 68.5 Å². The number of hydrogen-bond acceptors (Lipinski definition) is 6. The summed E-state index contributed by atoms with van der Waals surface area (Å²) in [5.41, 5.74) is 0. The Bertz CT molecular complexity index is 1390. The lowest BCUT2D eigenvalue weighted by atomic mass is 10.0. The van der Waals surface area contributed by atoms with Crippen LogP contribution in [0.25, 0.3) is 0 Å². The molecular formula is C68H131N2O6P. The number of nitrogens with zero attached hydrogens (tertiary/aromatic N) is 1. The van der Waals surface area contributed by atoms with E-state index in [0.717, 1.165) is 44.9 Å². The highest BCUT2D eigenvalue weighted by Crippen LogP contribution is 2.38. The van der Waals surface area contributed by atoms with Gasteiger partial charge in [0.05, 0.1) is 39.9 Å². The van der Waals surface area contributed by atoms with E-state index in [1.165, 1.54) is 263 Å². The summed E-state index contributed by atoms with van der Waals surface area (Å²) in [5, 5.41) is 13.9. The zero-order chi connectivity index (χ0) is 56.3. The summed E-state index contributed by atoms with van der Waals surface area (Å²) in [5.74, 6) is -0.207. The minimum atomic E-state index is -4.61. The van der Waals surface area contributed by atoms with Crippen molar-refractivity contribution in [3.05, 3.63) is 48.6 Å². The molecule has 0 radical (unpaired) electrons. The highest BCUT2D eigenvalue weighted by molar-refractivity contribution is 7.45. The maximum absolute atomic E-state index is 13.0. The SMILES string of the molecule is CCCCCCCCCCCCCC/C=C\CCCCCCCCCCCCCCCCC(=O)NC(COP(=O)([O-])OCC[N+](C)(C)C)C(O)/C=C/CC/C=C/CC/C=C/CCCCCCCCCCCCCCCCC. The van der Waals surface area contributed by atoms with Crippen LogP contribution in [0.1, 0.15) is 328 Å². The van der Waals surface area contributed by atoms with Gasteiger partial charge in [-0.15, -0.1) is 0 Å². The molecule has 0 aromatic carbocycles. The van der Waals surface area contributed by atoms with Gasteiger partial charge in [0.2, 0.25) is 5.91 Å². The van der Waals surface area contributed by atoms with E-state index in [4.69, 9.17) is 9.05 Å². The Balaban J connectivity index is 4.14. The second kappa shape index (κ2) is 59.1. The van der Waals surface area contributed by atoms with Crippen molar-refractivity contribution in [2.24, 2.45) is 0 Å². The van der Waals surface area contributed by atoms with Gasteiger partial charge in [-0.05, 0) is 70.6 Å². The number of phosphoric ester groups is 1. The van der Waals surface area contributed by atoms with Gasteiger partial charge in [-0.1, -0.05) is 300 Å². The standard InChI is InChI=1S/C68H131N2O6P/c1-6-8-10-12-14-16-18-20-22-24-26-28-30-32-33-34-35-36-38-40-42-44-46-48-50-52-54-56-58-60-62-68(72)69-66(65-76-77(73,74)75-64-63-70(3,4)5)67(71)61-59-57-55-53-51-49-47-45-43-41-39-37-31-29-27-25-23-21-19-17-15-13-11-9-7-2/h32-33,43,45,51,53,59,61,66-67,71H,6-31,34-42,44,46-50,52,54-58,60,62-65H2,1-5H3,(H-,69,72,73,74)/b33-32-,45-43+,53-51+,61-59+. The van der Waals surface area contributed by atoms with Gasteiger partial charge in [0, 0.05) is 6.42 Å². The maximum atomic E-state index is 13.0. The van der Waals surface area contributed by atoms with E-state index in [2.05, 4.69) is 55.6 Å². The maximum Gasteiger partial charge on any atom is 0.268 e. The number of carbonyl (C=O) groups excluding carboxylic acids is 1. The molecule has 0 aliphatic heterocycles. The molecule has 0 fully saturated rings. The van der Waals surface area contributed by atoms with Crippen molar-refractivity contribution in [2.45, 2.75) is 341 Å². The highest BCUT2D eigenvalue weighted by Gasteiger charge is 2.23. The first-order valence-corrected chi connectivity index (χ1v) is 35.0. The van der Waals surface area contributed by atoms with Crippen molar-refractivity contribution >= 4 is 13.7 Å². The zero-order valence-electron chi connectivity index (χ0n) is 51.9. The van der Waals surface area contributed by atoms with Crippen LogP contribution in [0, 0.1) is 0 Å². The Morgan fingerprint density at radius 1 is 0.442 bits per heavy atom. The van der Waals surface area contributed by atoms with E-state index in [9.17, 15) is 19.4 Å². The highest BCUT2D eigenvalue weighted by atomic mass is 31.2. The van der Waals surface area contributed by atoms with Gasteiger partial charge in [0.1, 0.15) is 13.2 Å². The van der Waals surface area contributed by atoms with Crippen molar-refractivity contribution in [1.29, 1.82) is 0 Å².